The Bertz CT molecular complexity index is 1560. The van der Waals surface area contributed by atoms with E-state index in [0.717, 1.165) is 11.1 Å². The zero-order chi connectivity index (χ0) is 30.1. The SMILES string of the molecule is O=C1CC(Nc2ccc(O)cc2)C(=O)N1c1ccc(Cc2ccc(N3C(=O)CC(Nc4ccc(O)cc4)C3=O)cc2)cc1. The van der Waals surface area contributed by atoms with Gasteiger partial charge >= 0.3 is 0 Å². The Labute approximate surface area is 247 Å². The monoisotopic (exact) mass is 576 g/mol. The van der Waals surface area contributed by atoms with E-state index in [1.165, 1.54) is 34.1 Å². The van der Waals surface area contributed by atoms with E-state index in [0.29, 0.717) is 29.2 Å². The molecule has 2 aliphatic heterocycles. The zero-order valence-corrected chi connectivity index (χ0v) is 22.9. The number of carbonyl (C=O) groups is 4. The fourth-order valence-electron chi connectivity index (χ4n) is 5.31. The lowest BCUT2D eigenvalue weighted by Gasteiger charge is -2.17. The van der Waals surface area contributed by atoms with Crippen LogP contribution in [0.3, 0.4) is 0 Å². The molecule has 0 saturated carbocycles. The minimum absolute atomic E-state index is 0.0312. The normalized spacial score (nSPS) is 18.4. The van der Waals surface area contributed by atoms with Gasteiger partial charge < -0.3 is 20.8 Å². The van der Waals surface area contributed by atoms with E-state index in [9.17, 15) is 29.4 Å². The molecule has 2 aliphatic rings. The molecule has 4 N–H and O–H groups in total. The van der Waals surface area contributed by atoms with Crippen LogP contribution in [0.5, 0.6) is 11.5 Å². The first-order valence-corrected chi connectivity index (χ1v) is 13.8. The summed E-state index contributed by atoms with van der Waals surface area (Å²) in [5.41, 5.74) is 4.17. The van der Waals surface area contributed by atoms with Gasteiger partial charge in [0.2, 0.25) is 11.8 Å². The van der Waals surface area contributed by atoms with Gasteiger partial charge in [-0.15, -0.1) is 0 Å². The van der Waals surface area contributed by atoms with Crippen LogP contribution in [0.25, 0.3) is 0 Å². The van der Waals surface area contributed by atoms with E-state index in [-0.39, 0.29) is 48.0 Å². The molecule has 2 saturated heterocycles. The number of imide groups is 2. The van der Waals surface area contributed by atoms with Crippen molar-refractivity contribution in [1.29, 1.82) is 0 Å². The third-order valence-electron chi connectivity index (χ3n) is 7.51. The predicted molar refractivity (Wildman–Crippen MR) is 161 cm³/mol. The van der Waals surface area contributed by atoms with Crippen LogP contribution < -0.4 is 20.4 Å². The van der Waals surface area contributed by atoms with Crippen LogP contribution in [0.1, 0.15) is 24.0 Å². The van der Waals surface area contributed by atoms with Crippen molar-refractivity contribution in [3.8, 4) is 11.5 Å². The van der Waals surface area contributed by atoms with Gasteiger partial charge in [-0.1, -0.05) is 24.3 Å². The molecule has 2 unspecified atom stereocenters. The highest BCUT2D eigenvalue weighted by Crippen LogP contribution is 2.28. The summed E-state index contributed by atoms with van der Waals surface area (Å²) in [5, 5.41) is 25.0. The van der Waals surface area contributed by atoms with Crippen molar-refractivity contribution in [2.45, 2.75) is 31.3 Å². The molecule has 10 heteroatoms. The molecule has 10 nitrogen and oxygen atoms in total. The highest BCUT2D eigenvalue weighted by Gasteiger charge is 2.40. The highest BCUT2D eigenvalue weighted by atomic mass is 16.3. The number of rotatable bonds is 8. The molecule has 4 aromatic rings. The lowest BCUT2D eigenvalue weighted by molar-refractivity contribution is -0.123. The van der Waals surface area contributed by atoms with Crippen molar-refractivity contribution in [1.82, 2.24) is 0 Å². The number of carbonyl (C=O) groups excluding carboxylic acids is 4. The fraction of sp³-hybridized carbons (Fsp3) is 0.152. The zero-order valence-electron chi connectivity index (χ0n) is 22.9. The summed E-state index contributed by atoms with van der Waals surface area (Å²) in [6.45, 7) is 0. The van der Waals surface area contributed by atoms with Crippen molar-refractivity contribution >= 4 is 46.4 Å². The second kappa shape index (κ2) is 11.3. The molecule has 2 heterocycles. The molecule has 6 rings (SSSR count). The van der Waals surface area contributed by atoms with Gasteiger partial charge in [0.15, 0.2) is 0 Å². The summed E-state index contributed by atoms with van der Waals surface area (Å²) in [4.78, 5) is 53.8. The number of phenols is 2. The summed E-state index contributed by atoms with van der Waals surface area (Å²) in [6, 6.07) is 25.6. The lowest BCUT2D eigenvalue weighted by atomic mass is 10.0. The van der Waals surface area contributed by atoms with Gasteiger partial charge in [0.1, 0.15) is 23.6 Å². The van der Waals surface area contributed by atoms with Gasteiger partial charge in [0.05, 0.1) is 24.2 Å². The second-order valence-corrected chi connectivity index (χ2v) is 10.5. The molecule has 0 bridgehead atoms. The number of anilines is 4. The quantitative estimate of drug-likeness (QED) is 0.181. The standard InChI is InChI=1S/C33H28N4O6/c38-26-13-5-22(6-14-26)34-28-18-30(40)36(32(28)42)24-9-1-20(2-10-24)17-21-3-11-25(12-4-21)37-31(41)19-29(33(37)43)35-23-7-15-27(39)16-8-23/h1-16,28-29,34-35,38-39H,17-19H2. The van der Waals surface area contributed by atoms with Gasteiger partial charge in [-0.05, 0) is 90.3 Å². The maximum absolute atomic E-state index is 13.0. The first-order valence-electron chi connectivity index (χ1n) is 13.8. The Balaban J connectivity index is 1.08. The first kappa shape index (κ1) is 27.5. The van der Waals surface area contributed by atoms with E-state index in [1.54, 1.807) is 48.5 Å². The second-order valence-electron chi connectivity index (χ2n) is 10.5. The molecule has 216 valence electrons. The molecule has 0 aromatic heterocycles. The number of amides is 4. The number of nitrogens with one attached hydrogen (secondary N) is 2. The maximum Gasteiger partial charge on any atom is 0.256 e. The van der Waals surface area contributed by atoms with Crippen molar-refractivity contribution in [3.63, 3.8) is 0 Å². The summed E-state index contributed by atoms with van der Waals surface area (Å²) >= 11 is 0. The minimum Gasteiger partial charge on any atom is -0.508 e. The number of hydrogen-bond acceptors (Lipinski definition) is 8. The van der Waals surface area contributed by atoms with Gasteiger partial charge in [0.25, 0.3) is 11.8 Å². The molecule has 0 aliphatic carbocycles. The van der Waals surface area contributed by atoms with Gasteiger partial charge in [-0.3, -0.25) is 19.2 Å². The molecule has 4 aromatic carbocycles. The Morgan fingerprint density at radius 2 is 0.884 bits per heavy atom. The number of aromatic hydroxyl groups is 2. The molecule has 2 atom stereocenters. The van der Waals surface area contributed by atoms with Crippen LogP contribution in [0.4, 0.5) is 22.7 Å². The number of nitrogens with zero attached hydrogens (tertiary/aromatic N) is 2. The molecular formula is C33H28N4O6. The third-order valence-corrected chi connectivity index (χ3v) is 7.51. The van der Waals surface area contributed by atoms with Crippen LogP contribution >= 0.6 is 0 Å². The van der Waals surface area contributed by atoms with E-state index in [4.69, 9.17) is 0 Å². The van der Waals surface area contributed by atoms with Gasteiger partial charge in [-0.2, -0.15) is 0 Å². The molecule has 0 spiro atoms. The summed E-state index contributed by atoms with van der Waals surface area (Å²) in [6.07, 6.45) is 0.632. The predicted octanol–water partition coefficient (Wildman–Crippen LogP) is 4.18. The van der Waals surface area contributed by atoms with Crippen LogP contribution in [0.2, 0.25) is 0 Å². The number of phenolic OH excluding ortho intramolecular Hbond substituents is 2. The van der Waals surface area contributed by atoms with Crippen LogP contribution in [0, 0.1) is 0 Å². The lowest BCUT2D eigenvalue weighted by Crippen LogP contribution is -2.34. The molecule has 4 amide bonds. The summed E-state index contributed by atoms with van der Waals surface area (Å²) < 4.78 is 0. The Kier molecular flexibility index (Phi) is 7.25. The topological polar surface area (TPSA) is 139 Å². The third kappa shape index (κ3) is 5.76. The van der Waals surface area contributed by atoms with Crippen molar-refractivity contribution < 1.29 is 29.4 Å². The number of hydrogen-bond donors (Lipinski definition) is 4. The van der Waals surface area contributed by atoms with Crippen molar-refractivity contribution in [3.05, 3.63) is 108 Å². The molecule has 0 radical (unpaired) electrons. The van der Waals surface area contributed by atoms with Crippen LogP contribution in [-0.2, 0) is 25.6 Å². The average molecular weight is 577 g/mol. The van der Waals surface area contributed by atoms with E-state index in [2.05, 4.69) is 10.6 Å². The Morgan fingerprint density at radius 3 is 1.23 bits per heavy atom. The van der Waals surface area contributed by atoms with Crippen molar-refractivity contribution in [2.75, 3.05) is 20.4 Å². The number of benzene rings is 4. The Morgan fingerprint density at radius 1 is 0.535 bits per heavy atom. The minimum atomic E-state index is -0.691. The maximum atomic E-state index is 13.0. The molecule has 43 heavy (non-hydrogen) atoms. The van der Waals surface area contributed by atoms with E-state index in [1.807, 2.05) is 24.3 Å². The largest absolute Gasteiger partial charge is 0.508 e. The van der Waals surface area contributed by atoms with Crippen molar-refractivity contribution in [2.24, 2.45) is 0 Å². The van der Waals surface area contributed by atoms with E-state index >= 15 is 0 Å². The van der Waals surface area contributed by atoms with Gasteiger partial charge in [-0.25, -0.2) is 9.80 Å². The molecular weight excluding hydrogens is 548 g/mol. The highest BCUT2D eigenvalue weighted by molar-refractivity contribution is 6.24. The summed E-state index contributed by atoms with van der Waals surface area (Å²) in [7, 11) is 0. The molecule has 2 fully saturated rings. The first-order chi connectivity index (χ1) is 20.7. The fourth-order valence-corrected chi connectivity index (χ4v) is 5.31. The van der Waals surface area contributed by atoms with Crippen LogP contribution in [-0.4, -0.2) is 45.9 Å². The van der Waals surface area contributed by atoms with E-state index < -0.39 is 12.1 Å². The average Bonchev–Trinajstić information content (AvgIpc) is 3.44. The van der Waals surface area contributed by atoms with Crippen LogP contribution in [0.15, 0.2) is 97.1 Å². The summed E-state index contributed by atoms with van der Waals surface area (Å²) in [5.74, 6) is -1.04. The Hall–Kier alpha value is -5.64. The van der Waals surface area contributed by atoms with Gasteiger partial charge in [0, 0.05) is 11.4 Å². The smallest absolute Gasteiger partial charge is 0.256 e.